The molecule has 0 unspecified atom stereocenters. The van der Waals surface area contributed by atoms with Gasteiger partial charge in [-0.3, -0.25) is 4.79 Å². The van der Waals surface area contributed by atoms with E-state index in [0.717, 1.165) is 44.6 Å². The van der Waals surface area contributed by atoms with E-state index in [1.54, 1.807) is 12.4 Å². The SMILES string of the molecule is CC[C@H]1CCCC[C@H]1NCCC(=O)N1CCN(c2ncccn2)CC1. The maximum Gasteiger partial charge on any atom is 0.225 e. The highest BCUT2D eigenvalue weighted by Gasteiger charge is 2.25. The average molecular weight is 345 g/mol. The highest BCUT2D eigenvalue weighted by Crippen LogP contribution is 2.26. The summed E-state index contributed by atoms with van der Waals surface area (Å²) in [5, 5.41) is 3.65. The predicted molar refractivity (Wildman–Crippen MR) is 99.5 cm³/mol. The molecule has 2 atom stereocenters. The van der Waals surface area contributed by atoms with Gasteiger partial charge in [0.05, 0.1) is 0 Å². The van der Waals surface area contributed by atoms with Gasteiger partial charge in [-0.25, -0.2) is 9.97 Å². The molecule has 1 saturated carbocycles. The predicted octanol–water partition coefficient (Wildman–Crippen LogP) is 2.07. The molecule has 0 aromatic carbocycles. The number of hydrogen-bond donors (Lipinski definition) is 1. The Morgan fingerprint density at radius 2 is 1.88 bits per heavy atom. The summed E-state index contributed by atoms with van der Waals surface area (Å²) in [4.78, 5) is 25.2. The highest BCUT2D eigenvalue weighted by molar-refractivity contribution is 5.76. The number of piperazine rings is 1. The second kappa shape index (κ2) is 9.13. The van der Waals surface area contributed by atoms with E-state index < -0.39 is 0 Å². The van der Waals surface area contributed by atoms with E-state index in [4.69, 9.17) is 0 Å². The van der Waals surface area contributed by atoms with E-state index in [2.05, 4.69) is 27.1 Å². The fraction of sp³-hybridized carbons (Fsp3) is 0.737. The fourth-order valence-electron chi connectivity index (χ4n) is 4.10. The van der Waals surface area contributed by atoms with Crippen molar-refractivity contribution in [1.29, 1.82) is 0 Å². The normalized spacial score (nSPS) is 24.4. The Balaban J connectivity index is 1.38. The van der Waals surface area contributed by atoms with Crippen LogP contribution < -0.4 is 10.2 Å². The highest BCUT2D eigenvalue weighted by atomic mass is 16.2. The van der Waals surface area contributed by atoms with Gasteiger partial charge >= 0.3 is 0 Å². The molecule has 1 aromatic heterocycles. The van der Waals surface area contributed by atoms with Gasteiger partial charge in [0.1, 0.15) is 0 Å². The first kappa shape index (κ1) is 18.1. The lowest BCUT2D eigenvalue weighted by atomic mass is 9.83. The molecule has 3 rings (SSSR count). The van der Waals surface area contributed by atoms with E-state index in [1.165, 1.54) is 32.1 Å². The number of nitrogens with one attached hydrogen (secondary N) is 1. The summed E-state index contributed by atoms with van der Waals surface area (Å²) >= 11 is 0. The Morgan fingerprint density at radius 3 is 2.60 bits per heavy atom. The second-order valence-corrected chi connectivity index (χ2v) is 7.18. The lowest BCUT2D eigenvalue weighted by Gasteiger charge is -2.35. The van der Waals surface area contributed by atoms with E-state index in [9.17, 15) is 4.79 Å². The first-order chi connectivity index (χ1) is 12.3. The number of aromatic nitrogens is 2. The Bertz CT molecular complexity index is 530. The van der Waals surface area contributed by atoms with Crippen LogP contribution in [-0.2, 0) is 4.79 Å². The Hall–Kier alpha value is -1.69. The zero-order chi connectivity index (χ0) is 17.5. The van der Waals surface area contributed by atoms with E-state index in [0.29, 0.717) is 12.5 Å². The Morgan fingerprint density at radius 1 is 1.16 bits per heavy atom. The molecular weight excluding hydrogens is 314 g/mol. The second-order valence-electron chi connectivity index (χ2n) is 7.18. The molecule has 25 heavy (non-hydrogen) atoms. The molecule has 6 heteroatoms. The Kier molecular flexibility index (Phi) is 6.62. The number of carbonyl (C=O) groups is 1. The molecular formula is C19H31N5O. The molecule has 2 aliphatic rings. The van der Waals surface area contributed by atoms with Gasteiger partial charge in [-0.15, -0.1) is 0 Å². The molecule has 1 amide bonds. The summed E-state index contributed by atoms with van der Waals surface area (Å²) in [6, 6.07) is 2.43. The summed E-state index contributed by atoms with van der Waals surface area (Å²) in [7, 11) is 0. The van der Waals surface area contributed by atoms with Crippen molar-refractivity contribution >= 4 is 11.9 Å². The van der Waals surface area contributed by atoms with Crippen molar-refractivity contribution in [1.82, 2.24) is 20.2 Å². The van der Waals surface area contributed by atoms with E-state index in [-0.39, 0.29) is 5.91 Å². The molecule has 1 aromatic rings. The van der Waals surface area contributed by atoms with Crippen LogP contribution in [0.3, 0.4) is 0 Å². The van der Waals surface area contributed by atoms with E-state index >= 15 is 0 Å². The lowest BCUT2D eigenvalue weighted by molar-refractivity contribution is -0.131. The summed E-state index contributed by atoms with van der Waals surface area (Å²) in [6.45, 7) is 6.23. The van der Waals surface area contributed by atoms with Gasteiger partial charge in [-0.05, 0) is 24.8 Å². The molecule has 0 spiro atoms. The Labute approximate surface area is 151 Å². The molecule has 1 N–H and O–H groups in total. The van der Waals surface area contributed by atoms with Crippen LogP contribution in [-0.4, -0.2) is 59.5 Å². The maximum atomic E-state index is 12.5. The minimum absolute atomic E-state index is 0.269. The molecule has 0 radical (unpaired) electrons. The molecule has 138 valence electrons. The molecule has 0 bridgehead atoms. The van der Waals surface area contributed by atoms with Crippen molar-refractivity contribution in [2.75, 3.05) is 37.6 Å². The monoisotopic (exact) mass is 345 g/mol. The molecule has 6 nitrogen and oxygen atoms in total. The van der Waals surface area contributed by atoms with Gasteiger partial charge in [-0.1, -0.05) is 26.2 Å². The first-order valence-electron chi connectivity index (χ1n) is 9.81. The minimum Gasteiger partial charge on any atom is -0.339 e. The summed E-state index contributed by atoms with van der Waals surface area (Å²) in [5.74, 6) is 1.82. The fourth-order valence-corrected chi connectivity index (χ4v) is 4.10. The van der Waals surface area contributed by atoms with Crippen LogP contribution in [0, 0.1) is 5.92 Å². The number of amides is 1. The van der Waals surface area contributed by atoms with Crippen LogP contribution in [0.25, 0.3) is 0 Å². The molecule has 2 heterocycles. The van der Waals surface area contributed by atoms with Gasteiger partial charge in [-0.2, -0.15) is 0 Å². The molecule has 1 aliphatic heterocycles. The number of carbonyl (C=O) groups excluding carboxylic acids is 1. The maximum absolute atomic E-state index is 12.5. The first-order valence-corrected chi connectivity index (χ1v) is 9.81. The lowest BCUT2D eigenvalue weighted by Crippen LogP contribution is -2.50. The topological polar surface area (TPSA) is 61.4 Å². The number of nitrogens with zero attached hydrogens (tertiary/aromatic N) is 4. The average Bonchev–Trinajstić information content (AvgIpc) is 2.69. The molecule has 1 aliphatic carbocycles. The number of hydrogen-bond acceptors (Lipinski definition) is 5. The largest absolute Gasteiger partial charge is 0.339 e. The van der Waals surface area contributed by atoms with Crippen LogP contribution in [0.2, 0.25) is 0 Å². The van der Waals surface area contributed by atoms with Crippen molar-refractivity contribution < 1.29 is 4.79 Å². The van der Waals surface area contributed by atoms with Gasteiger partial charge in [0.15, 0.2) is 0 Å². The third-order valence-corrected chi connectivity index (χ3v) is 5.65. The van der Waals surface area contributed by atoms with Crippen LogP contribution >= 0.6 is 0 Å². The van der Waals surface area contributed by atoms with Crippen molar-refractivity contribution in [3.8, 4) is 0 Å². The standard InChI is InChI=1S/C19H31N5O/c1-2-16-6-3-4-7-17(16)20-11-8-18(25)23-12-14-24(15-13-23)19-21-9-5-10-22-19/h5,9-10,16-17,20H,2-4,6-8,11-15H2,1H3/t16-,17+/m0/s1. The zero-order valence-electron chi connectivity index (χ0n) is 15.4. The van der Waals surface area contributed by atoms with Gasteiger partial charge < -0.3 is 15.1 Å². The summed E-state index contributed by atoms with van der Waals surface area (Å²) < 4.78 is 0. The van der Waals surface area contributed by atoms with Gasteiger partial charge in [0.25, 0.3) is 0 Å². The summed E-state index contributed by atoms with van der Waals surface area (Å²) in [6.07, 6.45) is 10.7. The third kappa shape index (κ3) is 4.91. The van der Waals surface area contributed by atoms with Crippen molar-refractivity contribution in [2.45, 2.75) is 51.5 Å². The smallest absolute Gasteiger partial charge is 0.225 e. The quantitative estimate of drug-likeness (QED) is 0.855. The van der Waals surface area contributed by atoms with Crippen molar-refractivity contribution in [3.63, 3.8) is 0 Å². The van der Waals surface area contributed by atoms with Crippen LogP contribution in [0.15, 0.2) is 18.5 Å². The number of rotatable bonds is 6. The van der Waals surface area contributed by atoms with Crippen LogP contribution in [0.5, 0.6) is 0 Å². The van der Waals surface area contributed by atoms with Crippen LogP contribution in [0.1, 0.15) is 45.4 Å². The number of anilines is 1. The van der Waals surface area contributed by atoms with Gasteiger partial charge in [0.2, 0.25) is 11.9 Å². The van der Waals surface area contributed by atoms with Crippen molar-refractivity contribution in [2.24, 2.45) is 5.92 Å². The minimum atomic E-state index is 0.269. The third-order valence-electron chi connectivity index (χ3n) is 5.65. The zero-order valence-corrected chi connectivity index (χ0v) is 15.4. The molecule has 2 fully saturated rings. The van der Waals surface area contributed by atoms with Gasteiger partial charge in [0, 0.05) is 57.6 Å². The van der Waals surface area contributed by atoms with E-state index in [1.807, 2.05) is 11.0 Å². The summed E-state index contributed by atoms with van der Waals surface area (Å²) in [5.41, 5.74) is 0. The van der Waals surface area contributed by atoms with Crippen LogP contribution in [0.4, 0.5) is 5.95 Å². The molecule has 1 saturated heterocycles. The van der Waals surface area contributed by atoms with Crippen molar-refractivity contribution in [3.05, 3.63) is 18.5 Å².